The molecule has 0 fully saturated rings. The molecule has 1 atom stereocenters. The fourth-order valence-corrected chi connectivity index (χ4v) is 1.24. The number of carbonyl (C=O) groups is 3. The van der Waals surface area contributed by atoms with Gasteiger partial charge in [-0.05, 0) is 31.6 Å². The summed E-state index contributed by atoms with van der Waals surface area (Å²) in [6.07, 6.45) is 2.46. The van der Waals surface area contributed by atoms with Crippen LogP contribution in [0.4, 0.5) is 0 Å². The molecular weight excluding hydrogens is 376 g/mol. The number of carbonyl (C=O) groups excluding carboxylic acids is 3. The first-order chi connectivity index (χ1) is 10.3. The second-order valence-corrected chi connectivity index (χ2v) is 5.65. The number of carboxylic acid groups (broad SMARTS) is 2. The van der Waals surface area contributed by atoms with E-state index in [1.165, 1.54) is 13.8 Å². The van der Waals surface area contributed by atoms with Crippen LogP contribution in [-0.4, -0.2) is 35.7 Å². The van der Waals surface area contributed by atoms with Crippen LogP contribution >= 0.6 is 0 Å². The Balaban J connectivity index is -0.0000000933. The first kappa shape index (κ1) is 35.6. The third-order valence-corrected chi connectivity index (χ3v) is 3.68. The molecule has 12 heteroatoms. The molecule has 25 heavy (non-hydrogen) atoms. The molecule has 0 aromatic rings. The molecule has 1 unspecified atom stereocenters. The zero-order valence-electron chi connectivity index (χ0n) is 14.8. The Hall–Kier alpha value is -0.460. The summed E-state index contributed by atoms with van der Waals surface area (Å²) in [5.74, 6) is -3.10. The van der Waals surface area contributed by atoms with Gasteiger partial charge >= 0.3 is 59.1 Å². The molecule has 0 bridgehead atoms. The van der Waals surface area contributed by atoms with Gasteiger partial charge in [-0.15, -0.1) is 0 Å². The Bertz CT molecular complexity index is 544. The van der Waals surface area contributed by atoms with E-state index >= 15 is 0 Å². The fraction of sp³-hybridized carbons (Fsp3) is 0.308. The molecular formula is C13H19NNa2O8S. The summed E-state index contributed by atoms with van der Waals surface area (Å²) in [7, 11) is -4.30. The summed E-state index contributed by atoms with van der Waals surface area (Å²) < 4.78 is 30.5. The predicted octanol–water partition coefficient (Wildman–Crippen LogP) is -7.84. The van der Waals surface area contributed by atoms with Crippen molar-refractivity contribution in [3.63, 3.8) is 0 Å². The molecule has 1 amide bonds. The van der Waals surface area contributed by atoms with E-state index in [4.69, 9.17) is 24.4 Å². The van der Waals surface area contributed by atoms with E-state index in [0.29, 0.717) is 0 Å². The molecule has 0 saturated heterocycles. The zero-order valence-corrected chi connectivity index (χ0v) is 19.6. The van der Waals surface area contributed by atoms with Gasteiger partial charge in [-0.2, -0.15) is 8.42 Å². The van der Waals surface area contributed by atoms with Gasteiger partial charge in [-0.3, -0.25) is 9.35 Å². The third-order valence-electron chi connectivity index (χ3n) is 2.15. The Morgan fingerprint density at radius 1 is 1.04 bits per heavy atom. The molecule has 0 aliphatic heterocycles. The molecule has 0 heterocycles. The van der Waals surface area contributed by atoms with Gasteiger partial charge < -0.3 is 25.1 Å². The summed E-state index contributed by atoms with van der Waals surface area (Å²) in [5.41, 5.74) is 0. The number of nitrogens with one attached hydrogen (secondary N) is 1. The monoisotopic (exact) mass is 395 g/mol. The van der Waals surface area contributed by atoms with Crippen LogP contribution in [0.5, 0.6) is 0 Å². The first-order valence-corrected chi connectivity index (χ1v) is 7.33. The van der Waals surface area contributed by atoms with Crippen LogP contribution in [0.1, 0.15) is 20.3 Å². The van der Waals surface area contributed by atoms with Crippen molar-refractivity contribution in [1.82, 2.24) is 5.32 Å². The van der Waals surface area contributed by atoms with Gasteiger partial charge in [0.15, 0.2) is 4.87 Å². The summed E-state index contributed by atoms with van der Waals surface area (Å²) in [5, 5.41) is 20.4. The third kappa shape index (κ3) is 21.5. The van der Waals surface area contributed by atoms with E-state index < -0.39 is 32.8 Å². The summed E-state index contributed by atoms with van der Waals surface area (Å²) in [4.78, 5) is 27.5. The van der Waals surface area contributed by atoms with Crippen molar-refractivity contribution in [2.45, 2.75) is 25.1 Å². The molecule has 0 aromatic heterocycles. The maximum atomic E-state index is 10.8. The average Bonchev–Trinajstić information content (AvgIpc) is 2.46. The first-order valence-electron chi connectivity index (χ1n) is 5.89. The zero-order chi connectivity index (χ0) is 19.3. The second kappa shape index (κ2) is 18.3. The van der Waals surface area contributed by atoms with Gasteiger partial charge in [0.05, 0.1) is 11.9 Å². The second-order valence-electron chi connectivity index (χ2n) is 3.80. The summed E-state index contributed by atoms with van der Waals surface area (Å²) in [6.45, 7) is 11.7. The van der Waals surface area contributed by atoms with Crippen molar-refractivity contribution < 1.29 is 96.7 Å². The van der Waals surface area contributed by atoms with E-state index in [2.05, 4.69) is 25.1 Å². The van der Waals surface area contributed by atoms with Crippen LogP contribution in [-0.2, 0) is 24.5 Å². The number of amides is 1. The van der Waals surface area contributed by atoms with Crippen molar-refractivity contribution in [2.24, 2.45) is 0 Å². The smallest absolute Gasteiger partial charge is 0.545 e. The molecule has 0 radical (unpaired) electrons. The fourth-order valence-electron chi connectivity index (χ4n) is 0.647. The Morgan fingerprint density at radius 3 is 1.44 bits per heavy atom. The minimum atomic E-state index is -4.30. The number of hydrogen-bond acceptors (Lipinski definition) is 7. The normalized spacial score (nSPS) is 10.8. The summed E-state index contributed by atoms with van der Waals surface area (Å²) in [6, 6.07) is 0. The van der Waals surface area contributed by atoms with Crippen LogP contribution in [0.3, 0.4) is 0 Å². The molecule has 0 saturated carbocycles. The Labute approximate surface area is 191 Å². The SMILES string of the molecule is C=CC(=O)NC(C)(CC)S(=O)(=O)O.C=CC(=O)[O-].C=CC(=O)[O-].[Na+].[Na+]. The van der Waals surface area contributed by atoms with Gasteiger partial charge in [-0.25, -0.2) is 0 Å². The minimum Gasteiger partial charge on any atom is -0.545 e. The quantitative estimate of drug-likeness (QED) is 0.254. The van der Waals surface area contributed by atoms with Crippen LogP contribution in [0, 0.1) is 0 Å². The molecule has 9 nitrogen and oxygen atoms in total. The molecule has 0 rings (SSSR count). The van der Waals surface area contributed by atoms with Gasteiger partial charge in [0, 0.05) is 0 Å². The van der Waals surface area contributed by atoms with Crippen LogP contribution in [0.2, 0.25) is 0 Å². The van der Waals surface area contributed by atoms with Gasteiger partial charge in [0.2, 0.25) is 5.91 Å². The van der Waals surface area contributed by atoms with Crippen molar-refractivity contribution in [3.8, 4) is 0 Å². The van der Waals surface area contributed by atoms with Crippen LogP contribution in [0.15, 0.2) is 38.0 Å². The largest absolute Gasteiger partial charge is 1.00 e. The Morgan fingerprint density at radius 2 is 1.32 bits per heavy atom. The van der Waals surface area contributed by atoms with E-state index in [-0.39, 0.29) is 65.5 Å². The van der Waals surface area contributed by atoms with E-state index in [1.807, 2.05) is 0 Å². The van der Waals surface area contributed by atoms with Crippen LogP contribution < -0.4 is 74.6 Å². The van der Waals surface area contributed by atoms with Gasteiger partial charge in [0.25, 0.3) is 10.1 Å². The molecule has 2 N–H and O–H groups in total. The standard InChI is InChI=1S/C7H13NO4S.2C3H4O2.2Na/c1-4-6(9)8-7(3,5-2)13(10,11)12;2*1-2-3(4)5;;/h4H,1,5H2,2-3H3,(H,8,9)(H,10,11,12);2*2H,1H2,(H,4,5);;/q;;;2*+1/p-2. The van der Waals surface area contributed by atoms with Crippen LogP contribution in [0.25, 0.3) is 0 Å². The Kier molecular flexibility index (Phi) is 26.1. The van der Waals surface area contributed by atoms with Crippen molar-refractivity contribution in [1.29, 1.82) is 0 Å². The molecule has 0 aliphatic rings. The molecule has 0 aromatic carbocycles. The van der Waals surface area contributed by atoms with E-state index in [0.717, 1.165) is 18.2 Å². The topological polar surface area (TPSA) is 164 Å². The van der Waals surface area contributed by atoms with Crippen molar-refractivity contribution >= 4 is 28.0 Å². The molecule has 0 aliphatic carbocycles. The number of rotatable bonds is 6. The number of carboxylic acids is 2. The van der Waals surface area contributed by atoms with E-state index in [9.17, 15) is 13.2 Å². The van der Waals surface area contributed by atoms with Gasteiger partial charge in [0.1, 0.15) is 0 Å². The number of aliphatic carboxylic acids is 2. The van der Waals surface area contributed by atoms with Crippen molar-refractivity contribution in [2.75, 3.05) is 0 Å². The molecule has 132 valence electrons. The number of hydrogen-bond donors (Lipinski definition) is 2. The average molecular weight is 395 g/mol. The summed E-state index contributed by atoms with van der Waals surface area (Å²) >= 11 is 0. The molecule has 0 spiro atoms. The minimum absolute atomic E-state index is 0. The predicted molar refractivity (Wildman–Crippen MR) is 79.0 cm³/mol. The van der Waals surface area contributed by atoms with Gasteiger partial charge in [-0.1, -0.05) is 26.7 Å². The maximum absolute atomic E-state index is 10.8. The van der Waals surface area contributed by atoms with Crippen molar-refractivity contribution in [3.05, 3.63) is 38.0 Å². The maximum Gasteiger partial charge on any atom is 1.00 e. The van der Waals surface area contributed by atoms with E-state index in [1.54, 1.807) is 0 Å².